The zero-order chi connectivity index (χ0) is 31.9. The molecule has 0 rings (SSSR count). The molecule has 0 spiro atoms. The molecule has 0 bridgehead atoms. The van der Waals surface area contributed by atoms with Crippen molar-refractivity contribution < 1.29 is 24.9 Å². The van der Waals surface area contributed by atoms with Gasteiger partial charge in [0.2, 0.25) is 0 Å². The van der Waals surface area contributed by atoms with E-state index >= 15 is 0 Å². The second-order valence-electron chi connectivity index (χ2n) is 14.2. The van der Waals surface area contributed by atoms with Gasteiger partial charge >= 0.3 is 0 Å². The number of nitrogens with zero attached hydrogens (tertiary/aromatic N) is 1. The summed E-state index contributed by atoms with van der Waals surface area (Å²) in [4.78, 5) is 0. The number of hydrogen-bond donors (Lipinski definition) is 4. The highest BCUT2D eigenvalue weighted by atomic mass is 16.4. The molecule has 0 aromatic rings. The highest BCUT2D eigenvalue weighted by Gasteiger charge is 2.32. The fourth-order valence-electron chi connectivity index (χ4n) is 6.59. The first-order valence-corrected chi connectivity index (χ1v) is 19.4. The van der Waals surface area contributed by atoms with Gasteiger partial charge in [-0.2, -0.15) is 0 Å². The van der Waals surface area contributed by atoms with Gasteiger partial charge in [-0.1, -0.05) is 168 Å². The van der Waals surface area contributed by atoms with Crippen LogP contribution in [0.5, 0.6) is 0 Å². The van der Waals surface area contributed by atoms with E-state index in [4.69, 9.17) is 0 Å². The summed E-state index contributed by atoms with van der Waals surface area (Å²) in [7, 11) is 2.20. The maximum Gasteiger partial charge on any atom is 0.131 e. The highest BCUT2D eigenvalue weighted by Crippen LogP contribution is 2.18. The molecule has 0 fully saturated rings. The molecule has 0 saturated heterocycles. The van der Waals surface area contributed by atoms with Gasteiger partial charge in [-0.25, -0.2) is 0 Å². The summed E-state index contributed by atoms with van der Waals surface area (Å²) >= 11 is 0. The quantitative estimate of drug-likeness (QED) is 0.0423. The summed E-state index contributed by atoms with van der Waals surface area (Å²) in [6, 6.07) is 0. The van der Waals surface area contributed by atoms with Gasteiger partial charge in [0, 0.05) is 0 Å². The van der Waals surface area contributed by atoms with Crippen molar-refractivity contribution >= 4 is 0 Å². The monoisotopic (exact) mass is 615 g/mol. The van der Waals surface area contributed by atoms with E-state index < -0.39 is 24.9 Å². The number of quaternary nitrogens is 1. The Balaban J connectivity index is 4.13. The first-order chi connectivity index (χ1) is 20.9. The summed E-state index contributed by atoms with van der Waals surface area (Å²) in [6.45, 7) is 6.45. The lowest BCUT2D eigenvalue weighted by molar-refractivity contribution is -0.913. The smallest absolute Gasteiger partial charge is 0.131 e. The van der Waals surface area contributed by atoms with Crippen molar-refractivity contribution in [2.45, 2.75) is 212 Å². The van der Waals surface area contributed by atoms with E-state index in [9.17, 15) is 20.4 Å². The summed E-state index contributed by atoms with van der Waals surface area (Å²) in [5, 5.41) is 40.0. The zero-order valence-corrected chi connectivity index (χ0v) is 29.6. The minimum Gasteiger partial charge on any atom is -0.394 e. The van der Waals surface area contributed by atoms with Gasteiger partial charge in [-0.05, 0) is 25.7 Å². The molecule has 0 heterocycles. The van der Waals surface area contributed by atoms with Crippen molar-refractivity contribution in [3.8, 4) is 0 Å². The van der Waals surface area contributed by atoms with Gasteiger partial charge in [0.25, 0.3) is 0 Å². The molecule has 5 nitrogen and oxygen atoms in total. The van der Waals surface area contributed by atoms with Crippen LogP contribution in [-0.2, 0) is 0 Å². The standard InChI is InChI=1S/C38H80NO4/c1-4-6-8-10-12-14-16-18-20-22-24-26-28-30-32-39(3,34-36(41)38(43)37(42)35-40)33-31-29-27-25-23-21-19-17-15-13-11-9-7-5-2/h36-38,40-43H,4-35H2,1-3H3/q+1/t36-,37+,38+/m0/s1. The molecule has 0 aliphatic heterocycles. The van der Waals surface area contributed by atoms with Crippen LogP contribution in [0, 0.1) is 0 Å². The highest BCUT2D eigenvalue weighted by molar-refractivity contribution is 4.74. The van der Waals surface area contributed by atoms with E-state index in [-0.39, 0.29) is 0 Å². The lowest BCUT2D eigenvalue weighted by atomic mass is 10.0. The SMILES string of the molecule is CCCCCCCCCCCCCCCC[N+](C)(CCCCCCCCCCCCCCCC)C[C@H](O)[C@@H](O)[C@H](O)CO. The van der Waals surface area contributed by atoms with Crippen LogP contribution >= 0.6 is 0 Å². The van der Waals surface area contributed by atoms with Gasteiger partial charge in [0.1, 0.15) is 24.9 Å². The van der Waals surface area contributed by atoms with Crippen molar-refractivity contribution in [3.63, 3.8) is 0 Å². The summed E-state index contributed by atoms with van der Waals surface area (Å²) in [5.74, 6) is 0. The van der Waals surface area contributed by atoms with Crippen LogP contribution in [0.15, 0.2) is 0 Å². The first-order valence-electron chi connectivity index (χ1n) is 19.4. The molecule has 0 aromatic carbocycles. The Labute approximate surface area is 269 Å². The van der Waals surface area contributed by atoms with Crippen molar-refractivity contribution in [1.29, 1.82) is 0 Å². The third kappa shape index (κ3) is 27.8. The van der Waals surface area contributed by atoms with Gasteiger partial charge in [0.15, 0.2) is 0 Å². The lowest BCUT2D eigenvalue weighted by Crippen LogP contribution is -2.54. The molecule has 0 radical (unpaired) electrons. The maximum atomic E-state index is 10.6. The van der Waals surface area contributed by atoms with Crippen LogP contribution < -0.4 is 0 Å². The fourth-order valence-corrected chi connectivity index (χ4v) is 6.59. The predicted molar refractivity (Wildman–Crippen MR) is 187 cm³/mol. The molecule has 43 heavy (non-hydrogen) atoms. The van der Waals surface area contributed by atoms with Gasteiger partial charge in [0.05, 0.1) is 26.7 Å². The summed E-state index contributed by atoms with van der Waals surface area (Å²) in [5.41, 5.74) is 0. The molecule has 4 N–H and O–H groups in total. The topological polar surface area (TPSA) is 80.9 Å². The third-order valence-corrected chi connectivity index (χ3v) is 9.71. The minimum atomic E-state index is -1.30. The van der Waals surface area contributed by atoms with E-state index in [0.29, 0.717) is 6.54 Å². The van der Waals surface area contributed by atoms with E-state index in [1.807, 2.05) is 0 Å². The van der Waals surface area contributed by atoms with Crippen molar-refractivity contribution in [2.24, 2.45) is 0 Å². The number of likely N-dealkylation sites (N-methyl/N-ethyl adjacent to an activating group) is 1. The Bertz CT molecular complexity index is 514. The lowest BCUT2D eigenvalue weighted by Gasteiger charge is -2.38. The fraction of sp³-hybridized carbons (Fsp3) is 1.00. The molecule has 3 atom stereocenters. The molecular formula is C38H80NO4+. The zero-order valence-electron chi connectivity index (χ0n) is 29.6. The largest absolute Gasteiger partial charge is 0.394 e. The second kappa shape index (κ2) is 31.8. The molecule has 260 valence electrons. The number of aliphatic hydroxyl groups excluding tert-OH is 4. The van der Waals surface area contributed by atoms with Gasteiger partial charge in [-0.3, -0.25) is 0 Å². The van der Waals surface area contributed by atoms with Gasteiger partial charge in [-0.15, -0.1) is 0 Å². The Kier molecular flexibility index (Phi) is 31.6. The Morgan fingerprint density at radius 3 is 0.907 bits per heavy atom. The van der Waals surface area contributed by atoms with Crippen LogP contribution in [0.1, 0.15) is 194 Å². The Morgan fingerprint density at radius 1 is 0.395 bits per heavy atom. The van der Waals surface area contributed by atoms with E-state index in [1.165, 1.54) is 167 Å². The van der Waals surface area contributed by atoms with Crippen LogP contribution in [0.3, 0.4) is 0 Å². The number of aliphatic hydroxyl groups is 4. The van der Waals surface area contributed by atoms with Crippen LogP contribution in [-0.4, -0.2) is 76.5 Å². The van der Waals surface area contributed by atoms with Gasteiger partial charge < -0.3 is 24.9 Å². The van der Waals surface area contributed by atoms with Crippen molar-refractivity contribution in [2.75, 3.05) is 33.3 Å². The number of unbranched alkanes of at least 4 members (excludes halogenated alkanes) is 26. The molecule has 0 aliphatic rings. The average Bonchev–Trinajstić information content (AvgIpc) is 3.00. The second-order valence-corrected chi connectivity index (χ2v) is 14.2. The Morgan fingerprint density at radius 2 is 0.651 bits per heavy atom. The van der Waals surface area contributed by atoms with Crippen molar-refractivity contribution in [3.05, 3.63) is 0 Å². The predicted octanol–water partition coefficient (Wildman–Crippen LogP) is 9.47. The molecule has 0 saturated carbocycles. The number of hydrogen-bond acceptors (Lipinski definition) is 4. The van der Waals surface area contributed by atoms with E-state index in [1.54, 1.807) is 0 Å². The normalized spacial score (nSPS) is 14.3. The third-order valence-electron chi connectivity index (χ3n) is 9.71. The van der Waals surface area contributed by atoms with Crippen molar-refractivity contribution in [1.82, 2.24) is 0 Å². The van der Waals surface area contributed by atoms with Crippen LogP contribution in [0.25, 0.3) is 0 Å². The summed E-state index contributed by atoms with van der Waals surface area (Å²) < 4.78 is 0.729. The van der Waals surface area contributed by atoms with E-state index in [0.717, 1.165) is 30.4 Å². The van der Waals surface area contributed by atoms with E-state index in [2.05, 4.69) is 20.9 Å². The molecule has 0 aliphatic carbocycles. The molecule has 0 unspecified atom stereocenters. The average molecular weight is 615 g/mol. The molecule has 0 amide bonds. The molecular weight excluding hydrogens is 534 g/mol. The molecule has 0 aromatic heterocycles. The van der Waals surface area contributed by atoms with Crippen LogP contribution in [0.4, 0.5) is 0 Å². The first kappa shape index (κ1) is 42.8. The molecule has 5 heteroatoms. The Hall–Kier alpha value is -0.200. The maximum absolute atomic E-state index is 10.6. The minimum absolute atomic E-state index is 0.426. The number of rotatable bonds is 35. The summed E-state index contributed by atoms with van der Waals surface area (Å²) in [6.07, 6.45) is 34.1. The van der Waals surface area contributed by atoms with Crippen LogP contribution in [0.2, 0.25) is 0 Å².